The van der Waals surface area contributed by atoms with Gasteiger partial charge in [-0.2, -0.15) is 0 Å². The Hall–Kier alpha value is -1.61. The van der Waals surface area contributed by atoms with Crippen molar-refractivity contribution in [2.45, 2.75) is 59.9 Å². The second-order valence-electron chi connectivity index (χ2n) is 5.19. The van der Waals surface area contributed by atoms with Crippen LogP contribution in [-0.4, -0.2) is 16.8 Å². The highest BCUT2D eigenvalue weighted by molar-refractivity contribution is 5.85. The quantitative estimate of drug-likeness (QED) is 0.876. The van der Waals surface area contributed by atoms with Crippen LogP contribution in [0.15, 0.2) is 30.5 Å². The van der Waals surface area contributed by atoms with Crippen LogP contribution < -0.4 is 5.73 Å². The number of aromatic amines is 1. The molecule has 21 heavy (non-hydrogen) atoms. The summed E-state index contributed by atoms with van der Waals surface area (Å²) < 4.78 is 0. The molecule has 2 aromatic rings. The van der Waals surface area contributed by atoms with Crippen molar-refractivity contribution in [1.82, 2.24) is 4.98 Å². The van der Waals surface area contributed by atoms with Gasteiger partial charge in [0.25, 0.3) is 0 Å². The molecule has 1 aromatic heterocycles. The van der Waals surface area contributed by atoms with Gasteiger partial charge in [-0.3, -0.25) is 4.79 Å². The van der Waals surface area contributed by atoms with Crippen molar-refractivity contribution in [3.8, 4) is 0 Å². The summed E-state index contributed by atoms with van der Waals surface area (Å²) in [6, 6.07) is 7.61. The van der Waals surface area contributed by atoms with E-state index in [1.807, 2.05) is 30.5 Å². The number of nitrogens with two attached hydrogens (primary N) is 1. The topological polar surface area (TPSA) is 58.9 Å². The lowest BCUT2D eigenvalue weighted by atomic mass is 10.0. The van der Waals surface area contributed by atoms with E-state index in [9.17, 15) is 4.79 Å². The number of carbonyl (C=O) groups excluding carboxylic acids is 1. The Kier molecular flexibility index (Phi) is 10.2. The number of carbonyl (C=O) groups is 1. The maximum atomic E-state index is 11.1. The number of aromatic nitrogens is 1. The maximum Gasteiger partial charge on any atom is 0.146 e. The number of nitrogens with one attached hydrogen (secondary N) is 1. The molecule has 1 aromatic carbocycles. The molecule has 1 atom stereocenters. The van der Waals surface area contributed by atoms with Gasteiger partial charge in [-0.25, -0.2) is 0 Å². The Balaban J connectivity index is 0.000000578. The van der Waals surface area contributed by atoms with Crippen molar-refractivity contribution in [2.75, 3.05) is 0 Å². The van der Waals surface area contributed by atoms with Crippen molar-refractivity contribution >= 4 is 16.7 Å². The summed E-state index contributed by atoms with van der Waals surface area (Å²) in [6.07, 6.45) is 5.02. The summed E-state index contributed by atoms with van der Waals surface area (Å²) in [5.41, 5.74) is 7.93. The van der Waals surface area contributed by atoms with Crippen molar-refractivity contribution in [2.24, 2.45) is 5.73 Å². The molecule has 3 heteroatoms. The Morgan fingerprint density at radius 1 is 1.14 bits per heavy atom. The van der Waals surface area contributed by atoms with Gasteiger partial charge in [0, 0.05) is 17.1 Å². The van der Waals surface area contributed by atoms with Gasteiger partial charge in [0.1, 0.15) is 5.78 Å². The molecule has 1 unspecified atom stereocenters. The summed E-state index contributed by atoms with van der Waals surface area (Å²) in [5.74, 6) is 0.0280. The summed E-state index contributed by atoms with van der Waals surface area (Å²) in [7, 11) is 0. The average molecular weight is 290 g/mol. The summed E-state index contributed by atoms with van der Waals surface area (Å²) >= 11 is 0. The minimum absolute atomic E-state index is 0.0280. The van der Waals surface area contributed by atoms with E-state index < -0.39 is 6.04 Å². The number of para-hydroxylation sites is 1. The van der Waals surface area contributed by atoms with Crippen molar-refractivity contribution in [3.05, 3.63) is 36.0 Å². The van der Waals surface area contributed by atoms with Crippen LogP contribution in [0, 0.1) is 0 Å². The standard InChI is InChI=1S/C12H14N2O.2C3H8/c1-8(15)11(13)6-9-7-14-12-5-3-2-4-10(9)12;2*1-3-2/h2-5,7,11,14H,6,13H2,1H3;2*3H2,1-2H3. The molecule has 0 amide bonds. The van der Waals surface area contributed by atoms with Crippen LogP contribution in [0.3, 0.4) is 0 Å². The first-order chi connectivity index (χ1) is 10.0. The summed E-state index contributed by atoms with van der Waals surface area (Å²) in [5, 5.41) is 1.15. The smallest absolute Gasteiger partial charge is 0.146 e. The lowest BCUT2D eigenvalue weighted by Crippen LogP contribution is -2.30. The molecule has 0 spiro atoms. The molecule has 3 N–H and O–H groups in total. The molecular weight excluding hydrogens is 260 g/mol. The third-order valence-electron chi connectivity index (χ3n) is 2.64. The second kappa shape index (κ2) is 11.1. The van der Waals surface area contributed by atoms with E-state index in [1.165, 1.54) is 19.8 Å². The van der Waals surface area contributed by atoms with Gasteiger partial charge in [-0.15, -0.1) is 0 Å². The predicted octanol–water partition coefficient (Wildman–Crippen LogP) is 4.46. The number of ketones is 1. The van der Waals surface area contributed by atoms with E-state index in [-0.39, 0.29) is 5.78 Å². The number of fused-ring (bicyclic) bond motifs is 1. The molecule has 3 nitrogen and oxygen atoms in total. The molecule has 0 radical (unpaired) electrons. The third-order valence-corrected chi connectivity index (χ3v) is 2.64. The second-order valence-corrected chi connectivity index (χ2v) is 5.19. The van der Waals surface area contributed by atoms with Crippen LogP contribution in [0.5, 0.6) is 0 Å². The highest BCUT2D eigenvalue weighted by Crippen LogP contribution is 2.18. The first-order valence-corrected chi connectivity index (χ1v) is 7.82. The Bertz CT molecular complexity index is 515. The predicted molar refractivity (Wildman–Crippen MR) is 92.6 cm³/mol. The summed E-state index contributed by atoms with van der Waals surface area (Å²) in [6.45, 7) is 10.0. The minimum Gasteiger partial charge on any atom is -0.361 e. The zero-order valence-corrected chi connectivity index (χ0v) is 14.1. The highest BCUT2D eigenvalue weighted by Gasteiger charge is 2.11. The first kappa shape index (κ1) is 19.4. The molecule has 0 aliphatic heterocycles. The van der Waals surface area contributed by atoms with Crippen LogP contribution in [0.2, 0.25) is 0 Å². The largest absolute Gasteiger partial charge is 0.361 e. The lowest BCUT2D eigenvalue weighted by Gasteiger charge is -2.05. The van der Waals surface area contributed by atoms with Crippen molar-refractivity contribution in [3.63, 3.8) is 0 Å². The normalized spacial score (nSPS) is 11.0. The van der Waals surface area contributed by atoms with Crippen LogP contribution in [0.25, 0.3) is 10.9 Å². The molecular formula is C18H30N2O. The van der Waals surface area contributed by atoms with E-state index in [2.05, 4.69) is 32.7 Å². The number of H-pyrrole nitrogens is 1. The number of hydrogen-bond acceptors (Lipinski definition) is 2. The van der Waals surface area contributed by atoms with Crippen LogP contribution in [0.4, 0.5) is 0 Å². The Morgan fingerprint density at radius 2 is 1.67 bits per heavy atom. The molecule has 1 heterocycles. The number of benzene rings is 1. The maximum absolute atomic E-state index is 11.1. The van der Waals surface area contributed by atoms with Crippen molar-refractivity contribution in [1.29, 1.82) is 0 Å². The fourth-order valence-electron chi connectivity index (χ4n) is 1.68. The zero-order valence-electron chi connectivity index (χ0n) is 14.1. The zero-order chi connectivity index (χ0) is 16.3. The minimum atomic E-state index is -0.399. The summed E-state index contributed by atoms with van der Waals surface area (Å²) in [4.78, 5) is 14.2. The Morgan fingerprint density at radius 3 is 2.19 bits per heavy atom. The van der Waals surface area contributed by atoms with Crippen LogP contribution >= 0.6 is 0 Å². The molecule has 2 rings (SSSR count). The average Bonchev–Trinajstić information content (AvgIpc) is 2.84. The molecule has 0 fully saturated rings. The highest BCUT2D eigenvalue weighted by atomic mass is 16.1. The number of Topliss-reactive ketones (excluding diaryl/α,β-unsaturated/α-hetero) is 1. The van der Waals surface area contributed by atoms with Gasteiger partial charge >= 0.3 is 0 Å². The van der Waals surface area contributed by atoms with Gasteiger partial charge in [0.05, 0.1) is 6.04 Å². The monoisotopic (exact) mass is 290 g/mol. The van der Waals surface area contributed by atoms with Crippen molar-refractivity contribution < 1.29 is 4.79 Å². The van der Waals surface area contributed by atoms with E-state index in [1.54, 1.807) is 0 Å². The number of hydrogen-bond donors (Lipinski definition) is 2. The van der Waals surface area contributed by atoms with Gasteiger partial charge in [0.2, 0.25) is 0 Å². The third kappa shape index (κ3) is 7.09. The van der Waals surface area contributed by atoms with Crippen LogP contribution in [0.1, 0.15) is 53.0 Å². The van der Waals surface area contributed by atoms with E-state index in [4.69, 9.17) is 5.73 Å². The first-order valence-electron chi connectivity index (χ1n) is 7.82. The van der Waals surface area contributed by atoms with Gasteiger partial charge < -0.3 is 10.7 Å². The molecule has 0 saturated heterocycles. The molecule has 118 valence electrons. The van der Waals surface area contributed by atoms with E-state index in [0.29, 0.717) is 6.42 Å². The fourth-order valence-corrected chi connectivity index (χ4v) is 1.68. The SMILES string of the molecule is CC(=O)C(N)Cc1c[nH]c2ccccc12.CCC.CCC. The molecule has 0 bridgehead atoms. The fraction of sp³-hybridized carbons (Fsp3) is 0.500. The molecule has 0 aliphatic carbocycles. The van der Waals surface area contributed by atoms with Gasteiger partial charge in [0.15, 0.2) is 0 Å². The van der Waals surface area contributed by atoms with E-state index >= 15 is 0 Å². The molecule has 0 aliphatic rings. The van der Waals surface area contributed by atoms with E-state index in [0.717, 1.165) is 16.5 Å². The van der Waals surface area contributed by atoms with Gasteiger partial charge in [-0.05, 0) is 25.0 Å². The lowest BCUT2D eigenvalue weighted by molar-refractivity contribution is -0.118. The van der Waals surface area contributed by atoms with Crippen LogP contribution in [-0.2, 0) is 11.2 Å². The Labute approximate surface area is 128 Å². The molecule has 0 saturated carbocycles. The number of rotatable bonds is 3. The van der Waals surface area contributed by atoms with Gasteiger partial charge in [-0.1, -0.05) is 58.7 Å².